The van der Waals surface area contributed by atoms with E-state index in [-0.39, 0.29) is 0 Å². The van der Waals surface area contributed by atoms with Gasteiger partial charge in [0.1, 0.15) is 6.61 Å². The molecule has 6 heteroatoms. The van der Waals surface area contributed by atoms with E-state index in [2.05, 4.69) is 28.2 Å². The van der Waals surface area contributed by atoms with Crippen LogP contribution < -0.4 is 14.8 Å². The van der Waals surface area contributed by atoms with Gasteiger partial charge in [-0.3, -0.25) is 0 Å². The van der Waals surface area contributed by atoms with E-state index in [1.165, 1.54) is 11.3 Å². The zero-order valence-corrected chi connectivity index (χ0v) is 15.1. The Labute approximate surface area is 142 Å². The van der Waals surface area contributed by atoms with Gasteiger partial charge in [-0.25, -0.2) is 0 Å². The van der Waals surface area contributed by atoms with Gasteiger partial charge in [0, 0.05) is 11.4 Å². The summed E-state index contributed by atoms with van der Waals surface area (Å²) in [5, 5.41) is 3.29. The van der Waals surface area contributed by atoms with E-state index in [0.29, 0.717) is 12.4 Å². The molecule has 0 aliphatic rings. The van der Waals surface area contributed by atoms with Crippen molar-refractivity contribution in [1.82, 2.24) is 5.32 Å². The zero-order valence-electron chi connectivity index (χ0n) is 11.9. The number of methoxy groups -OCH3 is 1. The fraction of sp³-hybridized carbons (Fsp3) is 0.333. The highest BCUT2D eigenvalue weighted by molar-refractivity contribution is 9.10. The molecule has 1 aromatic carbocycles. The normalized spacial score (nSPS) is 10.7. The predicted molar refractivity (Wildman–Crippen MR) is 91.7 cm³/mol. The van der Waals surface area contributed by atoms with Crippen LogP contribution in [0.5, 0.6) is 11.5 Å². The Balaban J connectivity index is 2.14. The van der Waals surface area contributed by atoms with E-state index in [9.17, 15) is 0 Å². The lowest BCUT2D eigenvalue weighted by Crippen LogP contribution is -2.12. The van der Waals surface area contributed by atoms with E-state index < -0.39 is 0 Å². The van der Waals surface area contributed by atoms with E-state index in [1.807, 2.05) is 24.3 Å². The van der Waals surface area contributed by atoms with Gasteiger partial charge in [-0.1, -0.05) is 18.5 Å². The van der Waals surface area contributed by atoms with Crippen LogP contribution in [0.3, 0.4) is 0 Å². The summed E-state index contributed by atoms with van der Waals surface area (Å²) in [6, 6.07) is 7.87. The summed E-state index contributed by atoms with van der Waals surface area (Å²) in [5.41, 5.74) is 1.15. The topological polar surface area (TPSA) is 30.5 Å². The van der Waals surface area contributed by atoms with Crippen LogP contribution in [0.1, 0.15) is 17.4 Å². The van der Waals surface area contributed by atoms with Crippen molar-refractivity contribution in [3.63, 3.8) is 0 Å². The second kappa shape index (κ2) is 8.03. The van der Waals surface area contributed by atoms with Crippen molar-refractivity contribution in [3.8, 4) is 11.5 Å². The number of ether oxygens (including phenoxy) is 2. The lowest BCUT2D eigenvalue weighted by Gasteiger charge is -2.14. The summed E-state index contributed by atoms with van der Waals surface area (Å²) in [6.45, 7) is 4.28. The monoisotopic (exact) mass is 389 g/mol. The van der Waals surface area contributed by atoms with Crippen LogP contribution in [-0.2, 0) is 13.2 Å². The minimum atomic E-state index is 0.471. The average Bonchev–Trinajstić information content (AvgIpc) is 2.89. The molecule has 2 aromatic rings. The highest BCUT2D eigenvalue weighted by atomic mass is 79.9. The first kappa shape index (κ1) is 16.6. The number of thiophene rings is 1. The van der Waals surface area contributed by atoms with Crippen LogP contribution >= 0.6 is 38.9 Å². The molecule has 0 unspecified atom stereocenters. The summed E-state index contributed by atoms with van der Waals surface area (Å²) in [5.74, 6) is 1.43. The largest absolute Gasteiger partial charge is 0.493 e. The highest BCUT2D eigenvalue weighted by Gasteiger charge is 2.12. The SMILES string of the molecule is CCNCc1cc(Br)c(OCc2ccc(Cl)s2)c(OC)c1. The number of hydrogen-bond donors (Lipinski definition) is 1. The van der Waals surface area contributed by atoms with Gasteiger partial charge < -0.3 is 14.8 Å². The molecule has 1 aromatic heterocycles. The van der Waals surface area contributed by atoms with Crippen LogP contribution in [0.4, 0.5) is 0 Å². The molecule has 21 heavy (non-hydrogen) atoms. The molecule has 0 amide bonds. The third-order valence-electron chi connectivity index (χ3n) is 2.86. The molecular weight excluding hydrogens is 374 g/mol. The van der Waals surface area contributed by atoms with Gasteiger partial charge in [0.15, 0.2) is 11.5 Å². The van der Waals surface area contributed by atoms with Crippen molar-refractivity contribution in [3.05, 3.63) is 43.5 Å². The van der Waals surface area contributed by atoms with Crippen LogP contribution in [0.25, 0.3) is 0 Å². The van der Waals surface area contributed by atoms with Crippen LogP contribution in [-0.4, -0.2) is 13.7 Å². The molecule has 0 atom stereocenters. The molecule has 0 spiro atoms. The lowest BCUT2D eigenvalue weighted by atomic mass is 10.2. The standard InChI is InChI=1S/C15H17BrClNO2S/c1-3-18-8-10-6-12(16)15(13(7-10)19-2)20-9-11-4-5-14(17)21-11/h4-7,18H,3,8-9H2,1-2H3. The molecule has 1 heterocycles. The number of hydrogen-bond acceptors (Lipinski definition) is 4. The summed E-state index contributed by atoms with van der Waals surface area (Å²) in [7, 11) is 1.65. The first-order valence-electron chi connectivity index (χ1n) is 6.58. The Morgan fingerprint density at radius 1 is 1.33 bits per heavy atom. The Morgan fingerprint density at radius 2 is 2.14 bits per heavy atom. The van der Waals surface area contributed by atoms with Crippen molar-refractivity contribution in [1.29, 1.82) is 0 Å². The van der Waals surface area contributed by atoms with Crippen molar-refractivity contribution in [2.24, 2.45) is 0 Å². The molecular formula is C15H17BrClNO2S. The van der Waals surface area contributed by atoms with Gasteiger partial charge in [-0.2, -0.15) is 0 Å². The third kappa shape index (κ3) is 4.61. The number of nitrogens with one attached hydrogen (secondary N) is 1. The maximum absolute atomic E-state index is 5.92. The fourth-order valence-electron chi connectivity index (χ4n) is 1.86. The van der Waals surface area contributed by atoms with Gasteiger partial charge in [0.2, 0.25) is 0 Å². The number of halogens is 2. The molecule has 0 bridgehead atoms. The van der Waals surface area contributed by atoms with Gasteiger partial charge >= 0.3 is 0 Å². The van der Waals surface area contributed by atoms with Crippen molar-refractivity contribution in [2.45, 2.75) is 20.1 Å². The van der Waals surface area contributed by atoms with Gasteiger partial charge in [-0.15, -0.1) is 11.3 Å². The molecule has 0 aliphatic heterocycles. The predicted octanol–water partition coefficient (Wildman–Crippen LogP) is 4.86. The van der Waals surface area contributed by atoms with Crippen LogP contribution in [0, 0.1) is 0 Å². The first-order chi connectivity index (χ1) is 10.1. The summed E-state index contributed by atoms with van der Waals surface area (Å²) in [6.07, 6.45) is 0. The molecule has 0 saturated heterocycles. The Kier molecular flexibility index (Phi) is 6.36. The summed E-state index contributed by atoms with van der Waals surface area (Å²) >= 11 is 11.0. The Morgan fingerprint density at radius 3 is 2.76 bits per heavy atom. The maximum atomic E-state index is 5.92. The smallest absolute Gasteiger partial charge is 0.175 e. The fourth-order valence-corrected chi connectivity index (χ4v) is 3.46. The molecule has 0 radical (unpaired) electrons. The van der Waals surface area contributed by atoms with Crippen LogP contribution in [0.2, 0.25) is 4.34 Å². The minimum Gasteiger partial charge on any atom is -0.493 e. The number of rotatable bonds is 7. The van der Waals surface area contributed by atoms with Gasteiger partial charge in [0.05, 0.1) is 15.9 Å². The lowest BCUT2D eigenvalue weighted by molar-refractivity contribution is 0.285. The second-order valence-electron chi connectivity index (χ2n) is 4.38. The quantitative estimate of drug-likeness (QED) is 0.732. The highest BCUT2D eigenvalue weighted by Crippen LogP contribution is 2.37. The van der Waals surface area contributed by atoms with Gasteiger partial charge in [-0.05, 0) is 52.3 Å². The Bertz CT molecular complexity index is 603. The van der Waals surface area contributed by atoms with E-state index in [4.69, 9.17) is 21.1 Å². The van der Waals surface area contributed by atoms with E-state index >= 15 is 0 Å². The molecule has 0 saturated carbocycles. The van der Waals surface area contributed by atoms with Crippen molar-refractivity contribution >= 4 is 38.9 Å². The third-order valence-corrected chi connectivity index (χ3v) is 4.65. The summed E-state index contributed by atoms with van der Waals surface area (Å²) in [4.78, 5) is 1.07. The molecule has 0 fully saturated rings. The molecule has 114 valence electrons. The van der Waals surface area contributed by atoms with E-state index in [1.54, 1.807) is 7.11 Å². The maximum Gasteiger partial charge on any atom is 0.175 e. The number of benzene rings is 1. The molecule has 1 N–H and O–H groups in total. The van der Waals surface area contributed by atoms with Crippen molar-refractivity contribution in [2.75, 3.05) is 13.7 Å². The minimum absolute atomic E-state index is 0.471. The second-order valence-corrected chi connectivity index (χ2v) is 7.04. The average molecular weight is 391 g/mol. The molecule has 2 rings (SSSR count). The van der Waals surface area contributed by atoms with E-state index in [0.717, 1.165) is 38.1 Å². The van der Waals surface area contributed by atoms with Gasteiger partial charge in [0.25, 0.3) is 0 Å². The summed E-state index contributed by atoms with van der Waals surface area (Å²) < 4.78 is 13.0. The molecule has 3 nitrogen and oxygen atoms in total. The zero-order chi connectivity index (χ0) is 15.2. The molecule has 0 aliphatic carbocycles. The van der Waals surface area contributed by atoms with Crippen LogP contribution in [0.15, 0.2) is 28.7 Å². The Hall–Kier alpha value is -0.750. The van der Waals surface area contributed by atoms with Crippen molar-refractivity contribution < 1.29 is 9.47 Å². The first-order valence-corrected chi connectivity index (χ1v) is 8.57.